The lowest BCUT2D eigenvalue weighted by Crippen LogP contribution is -2.22. The number of nitro groups is 1. The number of benzene rings is 1. The van der Waals surface area contributed by atoms with E-state index < -0.39 is 4.92 Å². The minimum Gasteiger partial charge on any atom is -0.383 e. The Labute approximate surface area is 126 Å². The average molecular weight is 305 g/mol. The predicted molar refractivity (Wildman–Crippen MR) is 82.9 cm³/mol. The first-order valence-electron chi connectivity index (χ1n) is 6.31. The SMILES string of the molecule is CNc1ccc(C(=O)NCc2ccc(C)s2)cc1[N+](=O)[O-]. The van der Waals surface area contributed by atoms with Crippen LogP contribution in [0.3, 0.4) is 0 Å². The molecule has 0 fully saturated rings. The number of nitrogens with zero attached hydrogens (tertiary/aromatic N) is 1. The monoisotopic (exact) mass is 305 g/mol. The van der Waals surface area contributed by atoms with Gasteiger partial charge < -0.3 is 10.6 Å². The van der Waals surface area contributed by atoms with Crippen LogP contribution in [0.4, 0.5) is 11.4 Å². The van der Waals surface area contributed by atoms with Crippen molar-refractivity contribution in [2.24, 2.45) is 0 Å². The maximum absolute atomic E-state index is 12.0. The van der Waals surface area contributed by atoms with E-state index in [9.17, 15) is 14.9 Å². The summed E-state index contributed by atoms with van der Waals surface area (Å²) < 4.78 is 0. The fourth-order valence-corrected chi connectivity index (χ4v) is 2.71. The van der Waals surface area contributed by atoms with Gasteiger partial charge in [-0.1, -0.05) is 0 Å². The summed E-state index contributed by atoms with van der Waals surface area (Å²) in [5, 5.41) is 16.5. The van der Waals surface area contributed by atoms with Crippen LogP contribution in [0.2, 0.25) is 0 Å². The zero-order valence-corrected chi connectivity index (χ0v) is 12.5. The highest BCUT2D eigenvalue weighted by Gasteiger charge is 2.16. The standard InChI is InChI=1S/C14H15N3O3S/c1-9-3-5-11(21-9)8-16-14(18)10-4-6-12(15-2)13(7-10)17(19)20/h3-7,15H,8H2,1-2H3,(H,16,18). The lowest BCUT2D eigenvalue weighted by Gasteiger charge is -2.06. The number of nitrogens with one attached hydrogen (secondary N) is 2. The van der Waals surface area contributed by atoms with Crippen LogP contribution in [0.5, 0.6) is 0 Å². The van der Waals surface area contributed by atoms with Gasteiger partial charge in [0.2, 0.25) is 0 Å². The molecule has 2 N–H and O–H groups in total. The first-order valence-corrected chi connectivity index (χ1v) is 7.12. The summed E-state index contributed by atoms with van der Waals surface area (Å²) >= 11 is 1.61. The molecule has 0 aliphatic carbocycles. The van der Waals surface area contributed by atoms with Crippen molar-refractivity contribution in [2.45, 2.75) is 13.5 Å². The van der Waals surface area contributed by atoms with Gasteiger partial charge in [-0.2, -0.15) is 0 Å². The summed E-state index contributed by atoms with van der Waals surface area (Å²) in [5.74, 6) is -0.327. The number of anilines is 1. The number of nitro benzene ring substituents is 1. The van der Waals surface area contributed by atoms with Crippen molar-refractivity contribution in [3.8, 4) is 0 Å². The maximum atomic E-state index is 12.0. The fourth-order valence-electron chi connectivity index (χ4n) is 1.88. The minimum atomic E-state index is -0.509. The first kappa shape index (κ1) is 15.0. The summed E-state index contributed by atoms with van der Waals surface area (Å²) in [6.45, 7) is 2.41. The van der Waals surface area contributed by atoms with Gasteiger partial charge >= 0.3 is 0 Å². The van der Waals surface area contributed by atoms with Gasteiger partial charge in [-0.3, -0.25) is 14.9 Å². The van der Waals surface area contributed by atoms with Crippen molar-refractivity contribution < 1.29 is 9.72 Å². The van der Waals surface area contributed by atoms with Crippen LogP contribution in [-0.2, 0) is 6.54 Å². The van der Waals surface area contributed by atoms with Crippen molar-refractivity contribution >= 4 is 28.6 Å². The predicted octanol–water partition coefficient (Wildman–Crippen LogP) is 2.94. The van der Waals surface area contributed by atoms with E-state index in [0.717, 1.165) is 4.88 Å². The van der Waals surface area contributed by atoms with Crippen LogP contribution in [0, 0.1) is 17.0 Å². The quantitative estimate of drug-likeness (QED) is 0.657. The van der Waals surface area contributed by atoms with E-state index in [1.54, 1.807) is 24.5 Å². The fraction of sp³-hybridized carbons (Fsp3) is 0.214. The Morgan fingerprint density at radius 1 is 1.33 bits per heavy atom. The van der Waals surface area contributed by atoms with Crippen LogP contribution in [-0.4, -0.2) is 17.9 Å². The smallest absolute Gasteiger partial charge is 0.293 e. The molecule has 0 bridgehead atoms. The van der Waals surface area contributed by atoms with Crippen LogP contribution < -0.4 is 10.6 Å². The highest BCUT2D eigenvalue weighted by atomic mass is 32.1. The Bertz CT molecular complexity index is 682. The van der Waals surface area contributed by atoms with Gasteiger partial charge in [0.1, 0.15) is 5.69 Å². The molecule has 1 aromatic carbocycles. The van der Waals surface area contributed by atoms with Crippen LogP contribution in [0.1, 0.15) is 20.1 Å². The summed E-state index contributed by atoms with van der Waals surface area (Å²) in [6, 6.07) is 8.31. The van der Waals surface area contributed by atoms with Crippen LogP contribution in [0.25, 0.3) is 0 Å². The third kappa shape index (κ3) is 3.57. The van der Waals surface area contributed by atoms with Crippen LogP contribution in [0.15, 0.2) is 30.3 Å². The maximum Gasteiger partial charge on any atom is 0.293 e. The van der Waals surface area contributed by atoms with Crippen molar-refractivity contribution in [3.63, 3.8) is 0 Å². The minimum absolute atomic E-state index is 0.114. The summed E-state index contributed by atoms with van der Waals surface area (Å²) in [5.41, 5.74) is 0.538. The number of hydrogen-bond donors (Lipinski definition) is 2. The Hall–Kier alpha value is -2.41. The molecule has 21 heavy (non-hydrogen) atoms. The average Bonchev–Trinajstić information content (AvgIpc) is 2.89. The number of carbonyl (C=O) groups is 1. The van der Waals surface area contributed by atoms with Gasteiger partial charge in [0, 0.05) is 28.4 Å². The number of thiophene rings is 1. The molecule has 0 radical (unpaired) electrons. The lowest BCUT2D eigenvalue weighted by atomic mass is 10.1. The van der Waals surface area contributed by atoms with E-state index in [4.69, 9.17) is 0 Å². The topological polar surface area (TPSA) is 84.3 Å². The van der Waals surface area contributed by atoms with Gasteiger partial charge in [0.15, 0.2) is 0 Å². The molecule has 110 valence electrons. The Morgan fingerprint density at radius 3 is 2.67 bits per heavy atom. The number of carbonyl (C=O) groups excluding carboxylic acids is 1. The highest BCUT2D eigenvalue weighted by molar-refractivity contribution is 7.11. The van der Waals surface area contributed by atoms with Crippen molar-refractivity contribution in [1.82, 2.24) is 5.32 Å². The third-order valence-corrected chi connectivity index (χ3v) is 3.95. The number of hydrogen-bond acceptors (Lipinski definition) is 5. The summed E-state index contributed by atoms with van der Waals surface area (Å²) in [4.78, 5) is 24.7. The molecule has 0 aliphatic heterocycles. The molecule has 1 aromatic heterocycles. The Kier molecular flexibility index (Phi) is 4.54. The largest absolute Gasteiger partial charge is 0.383 e. The summed E-state index contributed by atoms with van der Waals surface area (Å²) in [7, 11) is 1.60. The molecule has 0 aliphatic rings. The number of rotatable bonds is 5. The summed E-state index contributed by atoms with van der Waals surface area (Å²) in [6.07, 6.45) is 0. The van der Waals surface area contributed by atoms with E-state index in [2.05, 4.69) is 10.6 Å². The molecule has 6 nitrogen and oxygen atoms in total. The molecule has 0 spiro atoms. The van der Waals surface area contributed by atoms with E-state index in [-0.39, 0.29) is 17.2 Å². The molecule has 0 saturated heterocycles. The molecule has 0 atom stereocenters. The van der Waals surface area contributed by atoms with Crippen molar-refractivity contribution in [2.75, 3.05) is 12.4 Å². The molecule has 0 unspecified atom stereocenters. The molecular weight excluding hydrogens is 290 g/mol. The molecule has 7 heteroatoms. The zero-order valence-electron chi connectivity index (χ0n) is 11.7. The van der Waals surface area contributed by atoms with Gasteiger partial charge in [0.05, 0.1) is 11.5 Å². The van der Waals surface area contributed by atoms with Crippen LogP contribution >= 0.6 is 11.3 Å². The van der Waals surface area contributed by atoms with E-state index in [1.807, 2.05) is 19.1 Å². The van der Waals surface area contributed by atoms with Gasteiger partial charge in [-0.15, -0.1) is 11.3 Å². The van der Waals surface area contributed by atoms with Gasteiger partial charge in [0.25, 0.3) is 11.6 Å². The van der Waals surface area contributed by atoms with Crippen molar-refractivity contribution in [1.29, 1.82) is 0 Å². The lowest BCUT2D eigenvalue weighted by molar-refractivity contribution is -0.384. The number of aryl methyl sites for hydroxylation is 1. The molecule has 1 amide bonds. The highest BCUT2D eigenvalue weighted by Crippen LogP contribution is 2.25. The second-order valence-electron chi connectivity index (χ2n) is 4.43. The second kappa shape index (κ2) is 6.36. The first-order chi connectivity index (χ1) is 10.0. The molecule has 0 saturated carbocycles. The van der Waals surface area contributed by atoms with E-state index in [0.29, 0.717) is 12.2 Å². The van der Waals surface area contributed by atoms with Gasteiger partial charge in [-0.25, -0.2) is 0 Å². The molecule has 2 aromatic rings. The normalized spacial score (nSPS) is 10.2. The number of amides is 1. The zero-order chi connectivity index (χ0) is 15.4. The van der Waals surface area contributed by atoms with Gasteiger partial charge in [-0.05, 0) is 31.2 Å². The third-order valence-electron chi connectivity index (χ3n) is 2.95. The van der Waals surface area contributed by atoms with E-state index >= 15 is 0 Å². The molecule has 2 rings (SSSR count). The Balaban J connectivity index is 2.12. The van der Waals surface area contributed by atoms with Crippen molar-refractivity contribution in [3.05, 3.63) is 55.8 Å². The molecule has 1 heterocycles. The Morgan fingerprint density at radius 2 is 2.10 bits per heavy atom. The molecular formula is C14H15N3O3S. The second-order valence-corrected chi connectivity index (χ2v) is 5.81. The van der Waals surface area contributed by atoms with E-state index in [1.165, 1.54) is 17.0 Å².